The maximum atomic E-state index is 12.5. The number of carbonyl (C=O) groups is 1. The lowest BCUT2D eigenvalue weighted by Gasteiger charge is -2.27. The van der Waals surface area contributed by atoms with Gasteiger partial charge in [0.15, 0.2) is 5.13 Å². The highest BCUT2D eigenvalue weighted by molar-refractivity contribution is 8.01. The lowest BCUT2D eigenvalue weighted by molar-refractivity contribution is -0.116. The minimum absolute atomic E-state index is 0.155. The Morgan fingerprint density at radius 2 is 2.10 bits per heavy atom. The van der Waals surface area contributed by atoms with Crippen LogP contribution in [-0.4, -0.2) is 52.9 Å². The average molecular weight is 435 g/mol. The van der Waals surface area contributed by atoms with Gasteiger partial charge in [-0.3, -0.25) is 14.6 Å². The summed E-state index contributed by atoms with van der Waals surface area (Å²) in [6.07, 6.45) is 0.450. The summed E-state index contributed by atoms with van der Waals surface area (Å²) in [6.45, 7) is 6.22. The van der Waals surface area contributed by atoms with E-state index in [1.54, 1.807) is 6.92 Å². The lowest BCUT2D eigenvalue weighted by atomic mass is 10.1. The first-order valence-electron chi connectivity index (χ1n) is 9.17. The molecular formula is C18H22N6O3S2. The number of rotatable bonds is 7. The minimum Gasteiger partial charge on any atom is -0.378 e. The molecular weight excluding hydrogens is 412 g/mol. The highest BCUT2D eigenvalue weighted by atomic mass is 32.2. The van der Waals surface area contributed by atoms with Gasteiger partial charge in [-0.2, -0.15) is 5.26 Å². The van der Waals surface area contributed by atoms with Crippen LogP contribution in [0.15, 0.2) is 9.00 Å². The third kappa shape index (κ3) is 5.56. The van der Waals surface area contributed by atoms with Crippen molar-refractivity contribution in [3.63, 3.8) is 0 Å². The normalized spacial score (nSPS) is 13.9. The highest BCUT2D eigenvalue weighted by Gasteiger charge is 2.17. The number of aryl methyl sites for hydroxylation is 2. The lowest BCUT2D eigenvalue weighted by Crippen LogP contribution is -2.38. The zero-order chi connectivity index (χ0) is 20.8. The molecule has 11 heteroatoms. The second-order valence-corrected chi connectivity index (χ2v) is 8.68. The van der Waals surface area contributed by atoms with Crippen molar-refractivity contribution >= 4 is 40.1 Å². The first kappa shape index (κ1) is 21.3. The SMILES string of the molecule is Cc1nc(NC(=O)CCc2c(C)nc(N3CCOCC3)[nH]c2=O)sc1SCC#N. The monoisotopic (exact) mass is 434 g/mol. The highest BCUT2D eigenvalue weighted by Crippen LogP contribution is 2.31. The zero-order valence-corrected chi connectivity index (χ0v) is 17.9. The van der Waals surface area contributed by atoms with E-state index in [2.05, 4.69) is 26.3 Å². The fourth-order valence-electron chi connectivity index (χ4n) is 2.90. The van der Waals surface area contributed by atoms with Crippen LogP contribution in [0.3, 0.4) is 0 Å². The van der Waals surface area contributed by atoms with Crippen LogP contribution in [0.1, 0.15) is 23.4 Å². The molecule has 0 unspecified atom stereocenters. The number of carbonyl (C=O) groups excluding carboxylic acids is 1. The second kappa shape index (κ2) is 9.87. The van der Waals surface area contributed by atoms with Crippen molar-refractivity contribution in [2.75, 3.05) is 42.3 Å². The van der Waals surface area contributed by atoms with Crippen LogP contribution < -0.4 is 15.8 Å². The van der Waals surface area contributed by atoms with Gasteiger partial charge in [-0.05, 0) is 20.3 Å². The van der Waals surface area contributed by atoms with Gasteiger partial charge in [-0.15, -0.1) is 0 Å². The number of anilines is 2. The van der Waals surface area contributed by atoms with Crippen LogP contribution in [0.2, 0.25) is 0 Å². The van der Waals surface area contributed by atoms with Gasteiger partial charge in [-0.1, -0.05) is 23.1 Å². The number of hydrogen-bond acceptors (Lipinski definition) is 9. The van der Waals surface area contributed by atoms with E-state index in [1.165, 1.54) is 23.1 Å². The van der Waals surface area contributed by atoms with Crippen LogP contribution in [0, 0.1) is 25.2 Å². The molecule has 154 valence electrons. The first-order chi connectivity index (χ1) is 14.0. The number of amides is 1. The van der Waals surface area contributed by atoms with Gasteiger partial charge in [0.05, 0.1) is 34.9 Å². The molecule has 1 aliphatic heterocycles. The Labute approximate surface area is 176 Å². The Morgan fingerprint density at radius 1 is 1.34 bits per heavy atom. The second-order valence-electron chi connectivity index (χ2n) is 6.44. The number of ether oxygens (including phenoxy) is 1. The summed E-state index contributed by atoms with van der Waals surface area (Å²) in [4.78, 5) is 38.4. The van der Waals surface area contributed by atoms with Gasteiger partial charge >= 0.3 is 0 Å². The van der Waals surface area contributed by atoms with Gasteiger partial charge in [0, 0.05) is 30.8 Å². The van der Waals surface area contributed by atoms with E-state index in [4.69, 9.17) is 10.00 Å². The first-order valence-corrected chi connectivity index (χ1v) is 11.0. The number of thiazole rings is 1. The van der Waals surface area contributed by atoms with Crippen molar-refractivity contribution in [1.82, 2.24) is 15.0 Å². The van der Waals surface area contributed by atoms with Crippen molar-refractivity contribution < 1.29 is 9.53 Å². The molecule has 1 aliphatic rings. The Hall–Kier alpha value is -2.42. The zero-order valence-electron chi connectivity index (χ0n) is 16.3. The van der Waals surface area contributed by atoms with E-state index >= 15 is 0 Å². The van der Waals surface area contributed by atoms with Crippen molar-refractivity contribution in [3.05, 3.63) is 27.3 Å². The smallest absolute Gasteiger partial charge is 0.255 e. The van der Waals surface area contributed by atoms with Crippen LogP contribution in [0.25, 0.3) is 0 Å². The maximum absolute atomic E-state index is 12.5. The summed E-state index contributed by atoms with van der Waals surface area (Å²) >= 11 is 2.75. The number of nitrogens with one attached hydrogen (secondary N) is 2. The summed E-state index contributed by atoms with van der Waals surface area (Å²) in [6, 6.07) is 2.07. The van der Waals surface area contributed by atoms with Crippen LogP contribution in [0.4, 0.5) is 11.1 Å². The number of aromatic amines is 1. The van der Waals surface area contributed by atoms with Gasteiger partial charge in [0.25, 0.3) is 5.56 Å². The van der Waals surface area contributed by atoms with Crippen LogP contribution in [0.5, 0.6) is 0 Å². The van der Waals surface area contributed by atoms with Crippen molar-refractivity contribution in [2.24, 2.45) is 0 Å². The third-order valence-corrected chi connectivity index (χ3v) is 6.69. The number of hydrogen-bond donors (Lipinski definition) is 2. The number of nitrogens with zero attached hydrogens (tertiary/aromatic N) is 4. The molecule has 0 spiro atoms. The van der Waals surface area contributed by atoms with E-state index in [-0.39, 0.29) is 17.9 Å². The number of nitriles is 1. The molecule has 0 bridgehead atoms. The molecule has 1 amide bonds. The molecule has 2 N–H and O–H groups in total. The van der Waals surface area contributed by atoms with Crippen LogP contribution in [-0.2, 0) is 16.0 Å². The molecule has 0 radical (unpaired) electrons. The topological polar surface area (TPSA) is 124 Å². The summed E-state index contributed by atoms with van der Waals surface area (Å²) < 4.78 is 6.24. The van der Waals surface area contributed by atoms with E-state index in [0.717, 1.165) is 9.90 Å². The van der Waals surface area contributed by atoms with E-state index in [1.807, 2.05) is 11.8 Å². The molecule has 2 aromatic heterocycles. The molecule has 3 rings (SSSR count). The third-order valence-electron chi connectivity index (χ3n) is 4.39. The molecule has 0 saturated carbocycles. The minimum atomic E-state index is -0.216. The van der Waals surface area contributed by atoms with E-state index < -0.39 is 0 Å². The molecule has 9 nitrogen and oxygen atoms in total. The van der Waals surface area contributed by atoms with Gasteiger partial charge in [0.2, 0.25) is 11.9 Å². The number of H-pyrrole nitrogens is 1. The Kier molecular flexibility index (Phi) is 7.24. The molecule has 1 fully saturated rings. The van der Waals surface area contributed by atoms with E-state index in [9.17, 15) is 9.59 Å². The molecule has 1 saturated heterocycles. The largest absolute Gasteiger partial charge is 0.378 e. The summed E-state index contributed by atoms with van der Waals surface area (Å²) in [7, 11) is 0. The van der Waals surface area contributed by atoms with Gasteiger partial charge in [0.1, 0.15) is 0 Å². The predicted molar refractivity (Wildman–Crippen MR) is 113 cm³/mol. The standard InChI is InChI=1S/C18H22N6O3S2/c1-11-13(15(26)23-17(20-11)24-6-8-27-9-7-24)3-4-14(25)22-18-21-12(2)16(29-18)28-10-5-19/h3-4,6-10H2,1-2H3,(H,20,23,26)(H,21,22,25). The number of morpholine rings is 1. The van der Waals surface area contributed by atoms with Gasteiger partial charge < -0.3 is 15.0 Å². The molecule has 0 aromatic carbocycles. The Morgan fingerprint density at radius 3 is 2.79 bits per heavy atom. The molecule has 0 atom stereocenters. The van der Waals surface area contributed by atoms with Crippen LogP contribution >= 0.6 is 23.1 Å². The average Bonchev–Trinajstić information content (AvgIpc) is 3.05. The fourth-order valence-corrected chi connectivity index (χ4v) is 4.72. The summed E-state index contributed by atoms with van der Waals surface area (Å²) in [5.74, 6) is 0.669. The fraction of sp³-hybridized carbons (Fsp3) is 0.500. The Bertz CT molecular complexity index is 975. The van der Waals surface area contributed by atoms with Gasteiger partial charge in [-0.25, -0.2) is 9.97 Å². The Balaban J connectivity index is 1.60. The van der Waals surface area contributed by atoms with Crippen molar-refractivity contribution in [2.45, 2.75) is 30.9 Å². The molecule has 29 heavy (non-hydrogen) atoms. The van der Waals surface area contributed by atoms with Crippen molar-refractivity contribution in [3.8, 4) is 6.07 Å². The maximum Gasteiger partial charge on any atom is 0.255 e. The number of aromatic nitrogens is 3. The molecule has 3 heterocycles. The molecule has 2 aromatic rings. The van der Waals surface area contributed by atoms with Crippen molar-refractivity contribution in [1.29, 1.82) is 5.26 Å². The quantitative estimate of drug-likeness (QED) is 0.633. The predicted octanol–water partition coefficient (Wildman–Crippen LogP) is 1.87. The number of thioether (sulfide) groups is 1. The summed E-state index contributed by atoms with van der Waals surface area (Å²) in [5, 5.41) is 12.0. The molecule has 0 aliphatic carbocycles. The van der Waals surface area contributed by atoms with E-state index in [0.29, 0.717) is 60.8 Å². The summed E-state index contributed by atoms with van der Waals surface area (Å²) in [5.41, 5.74) is 1.72.